The van der Waals surface area contributed by atoms with Crippen LogP contribution in [0.4, 0.5) is 10.5 Å². The molecule has 0 heterocycles. The molecule has 0 aliphatic heterocycles. The summed E-state index contributed by atoms with van der Waals surface area (Å²) in [5, 5.41) is 11.6. The zero-order valence-corrected chi connectivity index (χ0v) is 13.7. The van der Waals surface area contributed by atoms with E-state index >= 15 is 0 Å². The normalized spacial score (nSPS) is 12.4. The molecular formula is C16H24N2O4. The van der Waals surface area contributed by atoms with Crippen molar-refractivity contribution in [2.75, 3.05) is 18.9 Å². The average molecular weight is 308 g/mol. The van der Waals surface area contributed by atoms with Crippen molar-refractivity contribution >= 4 is 17.7 Å². The number of carbonyl (C=O) groups is 2. The minimum Gasteiger partial charge on any atom is -0.486 e. The predicted molar refractivity (Wildman–Crippen MR) is 85.3 cm³/mol. The van der Waals surface area contributed by atoms with Crippen molar-refractivity contribution in [1.29, 1.82) is 0 Å². The summed E-state index contributed by atoms with van der Waals surface area (Å²) in [5.74, 6) is -0.990. The van der Waals surface area contributed by atoms with Gasteiger partial charge in [0, 0.05) is 13.6 Å². The Hall–Kier alpha value is -2.24. The van der Waals surface area contributed by atoms with Crippen LogP contribution in [0.3, 0.4) is 0 Å². The van der Waals surface area contributed by atoms with Gasteiger partial charge in [0.2, 0.25) is 0 Å². The van der Waals surface area contributed by atoms with Crippen LogP contribution in [0.2, 0.25) is 0 Å². The first kappa shape index (κ1) is 17.8. The van der Waals surface area contributed by atoms with Gasteiger partial charge in [-0.25, -0.2) is 4.79 Å². The first-order valence-corrected chi connectivity index (χ1v) is 7.13. The molecule has 0 saturated heterocycles. The number of hydrogen-bond acceptors (Lipinski definition) is 3. The molecular weight excluding hydrogens is 284 g/mol. The van der Waals surface area contributed by atoms with Crippen molar-refractivity contribution in [1.82, 2.24) is 4.90 Å². The highest BCUT2D eigenvalue weighted by Crippen LogP contribution is 2.27. The molecule has 1 aromatic rings. The van der Waals surface area contributed by atoms with Gasteiger partial charge in [0.15, 0.2) is 0 Å². The number of ether oxygens (including phenoxy) is 1. The lowest BCUT2D eigenvalue weighted by atomic mass is 10.2. The Bertz CT molecular complexity index is 537. The molecule has 0 fully saturated rings. The molecule has 2 amide bonds. The second kappa shape index (κ2) is 7.15. The van der Waals surface area contributed by atoms with Crippen LogP contribution in [0.5, 0.6) is 5.75 Å². The third kappa shape index (κ3) is 5.63. The molecule has 122 valence electrons. The van der Waals surface area contributed by atoms with E-state index in [0.717, 1.165) is 0 Å². The lowest BCUT2D eigenvalue weighted by molar-refractivity contribution is -0.141. The molecule has 6 heteroatoms. The van der Waals surface area contributed by atoms with Gasteiger partial charge in [0.05, 0.1) is 11.6 Å². The summed E-state index contributed by atoms with van der Waals surface area (Å²) in [6.07, 6.45) is 0. The Labute approximate surface area is 131 Å². The molecule has 0 aliphatic rings. The molecule has 0 aliphatic carbocycles. The number of carbonyl (C=O) groups excluding carboxylic acids is 1. The fourth-order valence-electron chi connectivity index (χ4n) is 1.77. The molecule has 1 rings (SSSR count). The van der Waals surface area contributed by atoms with Gasteiger partial charge in [-0.2, -0.15) is 0 Å². The van der Waals surface area contributed by atoms with Gasteiger partial charge >= 0.3 is 12.0 Å². The number of carboxylic acids is 1. The van der Waals surface area contributed by atoms with Crippen LogP contribution in [-0.2, 0) is 4.79 Å². The fourth-order valence-corrected chi connectivity index (χ4v) is 1.77. The first-order valence-electron chi connectivity index (χ1n) is 7.13. The lowest BCUT2D eigenvalue weighted by Gasteiger charge is -2.25. The fraction of sp³-hybridized carbons (Fsp3) is 0.500. The number of benzene rings is 1. The van der Waals surface area contributed by atoms with E-state index in [4.69, 9.17) is 9.84 Å². The van der Waals surface area contributed by atoms with Crippen LogP contribution >= 0.6 is 0 Å². The van der Waals surface area contributed by atoms with E-state index in [1.165, 1.54) is 4.90 Å². The molecule has 0 aromatic heterocycles. The number of nitrogens with one attached hydrogen (secondary N) is 1. The predicted octanol–water partition coefficient (Wildman–Crippen LogP) is 3.05. The van der Waals surface area contributed by atoms with E-state index in [2.05, 4.69) is 5.32 Å². The van der Waals surface area contributed by atoms with Crippen molar-refractivity contribution in [3.63, 3.8) is 0 Å². The number of urea groups is 1. The molecule has 1 aromatic carbocycles. The standard InChI is InChI=1S/C16H24N2O4/c1-11(14(19)20)10-18(5)15(21)17-12-8-6-7-9-13(12)22-16(2,3)4/h6-9,11H,10H2,1-5H3,(H,17,21)(H,19,20). The van der Waals surface area contributed by atoms with Crippen LogP contribution in [0.15, 0.2) is 24.3 Å². The first-order chi connectivity index (χ1) is 10.1. The maximum Gasteiger partial charge on any atom is 0.321 e. The minimum absolute atomic E-state index is 0.128. The summed E-state index contributed by atoms with van der Waals surface area (Å²) >= 11 is 0. The summed E-state index contributed by atoms with van der Waals surface area (Å²) in [5.41, 5.74) is 0.169. The largest absolute Gasteiger partial charge is 0.486 e. The zero-order valence-electron chi connectivity index (χ0n) is 13.7. The van der Waals surface area contributed by atoms with Gasteiger partial charge in [-0.15, -0.1) is 0 Å². The van der Waals surface area contributed by atoms with Gasteiger partial charge in [0.1, 0.15) is 11.4 Å². The van der Waals surface area contributed by atoms with Gasteiger partial charge in [-0.3, -0.25) is 4.79 Å². The number of aliphatic carboxylic acids is 1. The molecule has 1 unspecified atom stereocenters. The molecule has 2 N–H and O–H groups in total. The van der Waals surface area contributed by atoms with Crippen molar-refractivity contribution in [2.24, 2.45) is 5.92 Å². The Morgan fingerprint density at radius 1 is 1.32 bits per heavy atom. The number of anilines is 1. The van der Waals surface area contributed by atoms with Crippen molar-refractivity contribution in [2.45, 2.75) is 33.3 Å². The van der Waals surface area contributed by atoms with Gasteiger partial charge in [-0.05, 0) is 32.9 Å². The number of amides is 2. The van der Waals surface area contributed by atoms with E-state index in [-0.39, 0.29) is 18.2 Å². The van der Waals surface area contributed by atoms with Crippen molar-refractivity contribution in [3.8, 4) is 5.75 Å². The second-order valence-electron chi connectivity index (χ2n) is 6.26. The molecule has 0 spiro atoms. The minimum atomic E-state index is -0.934. The van der Waals surface area contributed by atoms with E-state index in [1.807, 2.05) is 26.8 Å². The number of carboxylic acid groups (broad SMARTS) is 1. The summed E-state index contributed by atoms with van der Waals surface area (Å²) in [7, 11) is 1.56. The monoisotopic (exact) mass is 308 g/mol. The van der Waals surface area contributed by atoms with Crippen LogP contribution < -0.4 is 10.1 Å². The van der Waals surface area contributed by atoms with Crippen LogP contribution in [0.1, 0.15) is 27.7 Å². The van der Waals surface area contributed by atoms with Crippen molar-refractivity contribution < 1.29 is 19.4 Å². The van der Waals surface area contributed by atoms with Gasteiger partial charge in [0.25, 0.3) is 0 Å². The maximum atomic E-state index is 12.2. The molecule has 22 heavy (non-hydrogen) atoms. The Morgan fingerprint density at radius 2 is 1.91 bits per heavy atom. The van der Waals surface area contributed by atoms with Crippen LogP contribution in [0.25, 0.3) is 0 Å². The highest BCUT2D eigenvalue weighted by Gasteiger charge is 2.19. The molecule has 0 radical (unpaired) electrons. The van der Waals surface area contributed by atoms with Crippen LogP contribution in [-0.4, -0.2) is 41.2 Å². The Morgan fingerprint density at radius 3 is 2.45 bits per heavy atom. The number of rotatable bonds is 5. The Balaban J connectivity index is 2.78. The van der Waals surface area contributed by atoms with E-state index in [1.54, 1.807) is 32.2 Å². The quantitative estimate of drug-likeness (QED) is 0.876. The smallest absolute Gasteiger partial charge is 0.321 e. The number of para-hydroxylation sites is 2. The summed E-state index contributed by atoms with van der Waals surface area (Å²) in [4.78, 5) is 24.3. The van der Waals surface area contributed by atoms with Gasteiger partial charge < -0.3 is 20.1 Å². The lowest BCUT2D eigenvalue weighted by Crippen LogP contribution is -2.36. The molecule has 6 nitrogen and oxygen atoms in total. The highest BCUT2D eigenvalue weighted by molar-refractivity contribution is 5.91. The third-order valence-electron chi connectivity index (χ3n) is 2.86. The molecule has 0 bridgehead atoms. The second-order valence-corrected chi connectivity index (χ2v) is 6.26. The van der Waals surface area contributed by atoms with Crippen molar-refractivity contribution in [3.05, 3.63) is 24.3 Å². The van der Waals surface area contributed by atoms with Crippen LogP contribution in [0, 0.1) is 5.92 Å². The zero-order chi connectivity index (χ0) is 16.9. The number of hydrogen-bond donors (Lipinski definition) is 2. The van der Waals surface area contributed by atoms with E-state index < -0.39 is 11.9 Å². The highest BCUT2D eigenvalue weighted by atomic mass is 16.5. The van der Waals surface area contributed by atoms with E-state index in [9.17, 15) is 9.59 Å². The number of nitrogens with zero attached hydrogens (tertiary/aromatic N) is 1. The Kier molecular flexibility index (Phi) is 5.79. The molecule has 0 saturated carbocycles. The summed E-state index contributed by atoms with van der Waals surface area (Å²) in [6, 6.07) is 6.77. The SMILES string of the molecule is CC(CN(C)C(=O)Nc1ccccc1OC(C)(C)C)C(=O)O. The summed E-state index contributed by atoms with van der Waals surface area (Å²) in [6.45, 7) is 7.46. The summed E-state index contributed by atoms with van der Waals surface area (Å²) < 4.78 is 5.81. The third-order valence-corrected chi connectivity index (χ3v) is 2.86. The molecule has 1 atom stereocenters. The van der Waals surface area contributed by atoms with E-state index in [0.29, 0.717) is 11.4 Å². The topological polar surface area (TPSA) is 78.9 Å². The van der Waals surface area contributed by atoms with Gasteiger partial charge in [-0.1, -0.05) is 19.1 Å². The average Bonchev–Trinajstić information content (AvgIpc) is 2.39. The maximum absolute atomic E-state index is 12.2.